The molecule has 0 aliphatic carbocycles. The third kappa shape index (κ3) is 5.02. The van der Waals surface area contributed by atoms with Crippen LogP contribution in [-0.4, -0.2) is 34.6 Å². The number of carbonyl (C=O) groups is 2. The molecule has 1 aromatic rings. The molecule has 1 aromatic heterocycles. The molecular formula is C12H18N4O3. The maximum atomic E-state index is 11.9. The van der Waals surface area contributed by atoms with Crippen molar-refractivity contribution < 1.29 is 14.8 Å². The van der Waals surface area contributed by atoms with Gasteiger partial charge in [0.05, 0.1) is 5.56 Å². The summed E-state index contributed by atoms with van der Waals surface area (Å²) in [5.41, 5.74) is 7.28. The Morgan fingerprint density at radius 3 is 2.79 bits per heavy atom. The number of pyridine rings is 1. The molecule has 0 fully saturated rings. The first-order valence-electron chi connectivity index (χ1n) is 6.04. The lowest BCUT2D eigenvalue weighted by Gasteiger charge is -2.16. The van der Waals surface area contributed by atoms with Crippen molar-refractivity contribution in [2.45, 2.75) is 25.3 Å². The molecule has 1 atom stereocenters. The van der Waals surface area contributed by atoms with Gasteiger partial charge in [0.25, 0.3) is 11.8 Å². The molecule has 5 N–H and O–H groups in total. The summed E-state index contributed by atoms with van der Waals surface area (Å²) in [6.07, 6.45) is 4.80. The number of hydrogen-bond donors (Lipinski definition) is 4. The second-order valence-corrected chi connectivity index (χ2v) is 4.03. The number of nitrogens with one attached hydrogen (secondary N) is 2. The Morgan fingerprint density at radius 1 is 1.42 bits per heavy atom. The minimum Gasteiger partial charge on any atom is -0.340 e. The van der Waals surface area contributed by atoms with Gasteiger partial charge in [-0.25, -0.2) is 5.48 Å². The second kappa shape index (κ2) is 8.17. The fourth-order valence-corrected chi connectivity index (χ4v) is 1.58. The Morgan fingerprint density at radius 2 is 2.21 bits per heavy atom. The summed E-state index contributed by atoms with van der Waals surface area (Å²) in [5.74, 6) is -1.05. The third-order valence-corrected chi connectivity index (χ3v) is 2.60. The van der Waals surface area contributed by atoms with Crippen LogP contribution >= 0.6 is 0 Å². The smallest absolute Gasteiger partial charge is 0.265 e. The molecule has 0 saturated heterocycles. The first kappa shape index (κ1) is 15.1. The first-order chi connectivity index (χ1) is 9.19. The van der Waals surface area contributed by atoms with Crippen molar-refractivity contribution in [3.8, 4) is 0 Å². The van der Waals surface area contributed by atoms with Crippen molar-refractivity contribution in [1.82, 2.24) is 15.8 Å². The van der Waals surface area contributed by atoms with Gasteiger partial charge in [-0.1, -0.05) is 0 Å². The van der Waals surface area contributed by atoms with E-state index in [1.807, 2.05) is 0 Å². The molecule has 0 aliphatic rings. The molecule has 0 aliphatic heterocycles. The van der Waals surface area contributed by atoms with Crippen LogP contribution in [0.4, 0.5) is 0 Å². The van der Waals surface area contributed by atoms with Crippen molar-refractivity contribution in [1.29, 1.82) is 0 Å². The summed E-state index contributed by atoms with van der Waals surface area (Å²) < 4.78 is 0. The van der Waals surface area contributed by atoms with E-state index >= 15 is 0 Å². The number of carbonyl (C=O) groups excluding carboxylic acids is 2. The van der Waals surface area contributed by atoms with E-state index in [-0.39, 0.29) is 0 Å². The van der Waals surface area contributed by atoms with E-state index in [1.54, 1.807) is 23.8 Å². The van der Waals surface area contributed by atoms with Crippen LogP contribution in [0.3, 0.4) is 0 Å². The van der Waals surface area contributed by atoms with E-state index < -0.39 is 17.9 Å². The van der Waals surface area contributed by atoms with Gasteiger partial charge in [0.15, 0.2) is 0 Å². The van der Waals surface area contributed by atoms with E-state index in [9.17, 15) is 9.59 Å². The van der Waals surface area contributed by atoms with Gasteiger partial charge in [-0.2, -0.15) is 0 Å². The van der Waals surface area contributed by atoms with Crippen LogP contribution in [0.25, 0.3) is 0 Å². The Bertz CT molecular complexity index is 411. The molecule has 2 amide bonds. The largest absolute Gasteiger partial charge is 0.340 e. The van der Waals surface area contributed by atoms with Gasteiger partial charge < -0.3 is 11.1 Å². The highest BCUT2D eigenvalue weighted by Crippen LogP contribution is 2.03. The van der Waals surface area contributed by atoms with Gasteiger partial charge in [-0.15, -0.1) is 0 Å². The molecule has 7 heteroatoms. The Hall–Kier alpha value is -1.99. The fraction of sp³-hybridized carbons (Fsp3) is 0.417. The minimum atomic E-state index is -0.788. The molecule has 0 radical (unpaired) electrons. The zero-order valence-corrected chi connectivity index (χ0v) is 10.5. The highest BCUT2D eigenvalue weighted by atomic mass is 16.5. The second-order valence-electron chi connectivity index (χ2n) is 4.03. The molecule has 19 heavy (non-hydrogen) atoms. The SMILES string of the molecule is NCCCC[C@@H](NC(=O)c1cccnc1)C(=O)NO. The predicted octanol–water partition coefficient (Wildman–Crippen LogP) is -0.186. The van der Waals surface area contributed by atoms with Crippen LogP contribution in [-0.2, 0) is 4.79 Å². The standard InChI is InChI=1S/C12H18N4O3/c13-6-2-1-5-10(12(18)16-19)15-11(17)9-4-3-7-14-8-9/h3-4,7-8,10,19H,1-2,5-6,13H2,(H,15,17)(H,16,18)/t10-/m1/s1. The number of nitrogens with two attached hydrogens (primary N) is 1. The van der Waals surface area contributed by atoms with Crippen molar-refractivity contribution in [3.05, 3.63) is 30.1 Å². The summed E-state index contributed by atoms with van der Waals surface area (Å²) in [7, 11) is 0. The van der Waals surface area contributed by atoms with Crippen molar-refractivity contribution >= 4 is 11.8 Å². The van der Waals surface area contributed by atoms with Crippen molar-refractivity contribution in [2.24, 2.45) is 5.73 Å². The zero-order chi connectivity index (χ0) is 14.1. The number of hydroxylamine groups is 1. The van der Waals surface area contributed by atoms with Gasteiger partial charge in [-0.3, -0.25) is 19.8 Å². The van der Waals surface area contributed by atoms with Gasteiger partial charge in [0, 0.05) is 12.4 Å². The van der Waals surface area contributed by atoms with Crippen molar-refractivity contribution in [3.63, 3.8) is 0 Å². The molecule has 0 unspecified atom stereocenters. The molecule has 7 nitrogen and oxygen atoms in total. The maximum Gasteiger partial charge on any atom is 0.265 e. The molecule has 104 valence electrons. The monoisotopic (exact) mass is 266 g/mol. The fourth-order valence-electron chi connectivity index (χ4n) is 1.58. The summed E-state index contributed by atoms with van der Waals surface area (Å²) in [6.45, 7) is 0.518. The van der Waals surface area contributed by atoms with E-state index in [1.165, 1.54) is 6.20 Å². The summed E-state index contributed by atoms with van der Waals surface area (Å²) in [6, 6.07) is 2.44. The lowest BCUT2D eigenvalue weighted by Crippen LogP contribution is -2.45. The molecule has 1 heterocycles. The maximum absolute atomic E-state index is 11.9. The summed E-state index contributed by atoms with van der Waals surface area (Å²) in [5, 5.41) is 11.2. The quantitative estimate of drug-likeness (QED) is 0.310. The molecule has 0 aromatic carbocycles. The third-order valence-electron chi connectivity index (χ3n) is 2.60. The van der Waals surface area contributed by atoms with E-state index in [0.717, 1.165) is 6.42 Å². The lowest BCUT2D eigenvalue weighted by atomic mass is 10.1. The average molecular weight is 266 g/mol. The lowest BCUT2D eigenvalue weighted by molar-refractivity contribution is -0.131. The topological polar surface area (TPSA) is 117 Å². The molecule has 1 rings (SSSR count). The molecule has 0 saturated carbocycles. The number of hydrogen-bond acceptors (Lipinski definition) is 5. The number of rotatable bonds is 7. The van der Waals surface area contributed by atoms with Crippen LogP contribution < -0.4 is 16.5 Å². The average Bonchev–Trinajstić information content (AvgIpc) is 2.46. The number of nitrogens with zero attached hydrogens (tertiary/aromatic N) is 1. The first-order valence-corrected chi connectivity index (χ1v) is 6.04. The molecular weight excluding hydrogens is 248 g/mol. The highest BCUT2D eigenvalue weighted by molar-refractivity contribution is 5.97. The van der Waals surface area contributed by atoms with Crippen LogP contribution in [0.15, 0.2) is 24.5 Å². The van der Waals surface area contributed by atoms with E-state index in [0.29, 0.717) is 24.9 Å². The predicted molar refractivity (Wildman–Crippen MR) is 68.3 cm³/mol. The highest BCUT2D eigenvalue weighted by Gasteiger charge is 2.20. The molecule has 0 spiro atoms. The summed E-state index contributed by atoms with van der Waals surface area (Å²) in [4.78, 5) is 27.1. The van der Waals surface area contributed by atoms with Gasteiger partial charge in [-0.05, 0) is 37.9 Å². The number of unbranched alkanes of at least 4 members (excludes halogenated alkanes) is 1. The molecule has 0 bridgehead atoms. The number of aromatic nitrogens is 1. The van der Waals surface area contributed by atoms with Gasteiger partial charge in [0.1, 0.15) is 6.04 Å². The van der Waals surface area contributed by atoms with E-state index in [4.69, 9.17) is 10.9 Å². The normalized spacial score (nSPS) is 11.7. The van der Waals surface area contributed by atoms with Crippen LogP contribution in [0, 0.1) is 0 Å². The number of amides is 2. The van der Waals surface area contributed by atoms with Crippen LogP contribution in [0.2, 0.25) is 0 Å². The van der Waals surface area contributed by atoms with Gasteiger partial charge >= 0.3 is 0 Å². The Kier molecular flexibility index (Phi) is 6.48. The van der Waals surface area contributed by atoms with Gasteiger partial charge in [0.2, 0.25) is 0 Å². The minimum absolute atomic E-state index is 0.358. The van der Waals surface area contributed by atoms with Crippen LogP contribution in [0.1, 0.15) is 29.6 Å². The van der Waals surface area contributed by atoms with Crippen LogP contribution in [0.5, 0.6) is 0 Å². The summed E-state index contributed by atoms with van der Waals surface area (Å²) >= 11 is 0. The Labute approximate surface area is 111 Å². The van der Waals surface area contributed by atoms with Crippen molar-refractivity contribution in [2.75, 3.05) is 6.54 Å². The zero-order valence-electron chi connectivity index (χ0n) is 10.5. The van der Waals surface area contributed by atoms with E-state index in [2.05, 4.69) is 10.3 Å². The Balaban J connectivity index is 2.61.